The summed E-state index contributed by atoms with van der Waals surface area (Å²) in [6.07, 6.45) is 1.28. The summed E-state index contributed by atoms with van der Waals surface area (Å²) in [7, 11) is -3.79. The highest BCUT2D eigenvalue weighted by Crippen LogP contribution is 2.50. The highest BCUT2D eigenvalue weighted by atomic mass is 35.5. The number of carbonyl (C=O) groups is 2. The van der Waals surface area contributed by atoms with Crippen LogP contribution >= 0.6 is 11.6 Å². The molecule has 10 nitrogen and oxygen atoms in total. The Morgan fingerprint density at radius 3 is 2.56 bits per heavy atom. The zero-order valence-electron chi connectivity index (χ0n) is 20.4. The SMILES string of the molecule is CC(C)([C@@H](O)CCN)S(=O)(=O)C1(CN2CCn3c(cnc3C(=O)NCc3ccc(Cl)cc3)C2=O)CC1. The minimum absolute atomic E-state index is 0.0379. The van der Waals surface area contributed by atoms with Gasteiger partial charge in [0.15, 0.2) is 15.7 Å². The number of halogens is 1. The number of aliphatic hydroxyl groups is 1. The number of benzene rings is 1. The molecular formula is C24H32ClN5O5S. The van der Waals surface area contributed by atoms with Crippen LogP contribution in [0.1, 0.15) is 59.8 Å². The Bertz CT molecular complexity index is 1250. The fourth-order valence-corrected chi connectivity index (χ4v) is 7.38. The van der Waals surface area contributed by atoms with E-state index < -0.39 is 31.3 Å². The maximum Gasteiger partial charge on any atom is 0.287 e. The van der Waals surface area contributed by atoms with Crippen LogP contribution in [0, 0.1) is 0 Å². The minimum atomic E-state index is -3.79. The number of carbonyl (C=O) groups excluding carboxylic acids is 2. The van der Waals surface area contributed by atoms with Gasteiger partial charge in [-0.25, -0.2) is 13.4 Å². The number of nitrogens with one attached hydrogen (secondary N) is 1. The van der Waals surface area contributed by atoms with Crippen molar-refractivity contribution in [3.8, 4) is 0 Å². The van der Waals surface area contributed by atoms with Gasteiger partial charge in [0.2, 0.25) is 0 Å². The van der Waals surface area contributed by atoms with E-state index in [1.807, 2.05) is 12.1 Å². The number of fused-ring (bicyclic) bond motifs is 1. The lowest BCUT2D eigenvalue weighted by molar-refractivity contribution is 0.0697. The molecule has 0 spiro atoms. The van der Waals surface area contributed by atoms with Gasteiger partial charge in [-0.15, -0.1) is 0 Å². The van der Waals surface area contributed by atoms with Gasteiger partial charge in [0.25, 0.3) is 11.8 Å². The van der Waals surface area contributed by atoms with E-state index in [1.54, 1.807) is 16.7 Å². The molecule has 1 aromatic carbocycles. The van der Waals surface area contributed by atoms with E-state index in [4.69, 9.17) is 17.3 Å². The molecule has 0 saturated heterocycles. The summed E-state index contributed by atoms with van der Waals surface area (Å²) >= 11 is 5.89. The zero-order chi connectivity index (χ0) is 26.3. The lowest BCUT2D eigenvalue weighted by Crippen LogP contribution is -2.54. The monoisotopic (exact) mass is 537 g/mol. The molecule has 1 aliphatic heterocycles. The zero-order valence-corrected chi connectivity index (χ0v) is 22.0. The molecule has 2 heterocycles. The molecule has 1 fully saturated rings. The minimum Gasteiger partial charge on any atom is -0.391 e. The van der Waals surface area contributed by atoms with Crippen LogP contribution in [0.4, 0.5) is 0 Å². The molecule has 4 N–H and O–H groups in total. The van der Waals surface area contributed by atoms with Crippen molar-refractivity contribution < 1.29 is 23.1 Å². The number of hydrogen-bond donors (Lipinski definition) is 3. The molecule has 12 heteroatoms. The number of amides is 2. The Balaban J connectivity index is 1.46. The molecule has 2 aromatic rings. The normalized spacial score (nSPS) is 18.0. The number of nitrogens with two attached hydrogens (primary N) is 1. The number of imidazole rings is 1. The van der Waals surface area contributed by atoms with Crippen LogP contribution in [-0.4, -0.2) is 75.0 Å². The molecule has 2 aliphatic rings. The molecule has 1 aliphatic carbocycles. The molecule has 196 valence electrons. The van der Waals surface area contributed by atoms with Crippen LogP contribution in [0.5, 0.6) is 0 Å². The average molecular weight is 538 g/mol. The van der Waals surface area contributed by atoms with Crippen molar-refractivity contribution in [2.75, 3.05) is 19.6 Å². The maximum atomic E-state index is 13.6. The van der Waals surface area contributed by atoms with Gasteiger partial charge in [-0.05, 0) is 57.4 Å². The van der Waals surface area contributed by atoms with Crippen molar-refractivity contribution in [2.24, 2.45) is 5.73 Å². The van der Waals surface area contributed by atoms with Crippen molar-refractivity contribution in [1.82, 2.24) is 19.8 Å². The third kappa shape index (κ3) is 4.65. The number of hydrogen-bond acceptors (Lipinski definition) is 7. The number of sulfone groups is 1. The van der Waals surface area contributed by atoms with Crippen molar-refractivity contribution >= 4 is 33.3 Å². The van der Waals surface area contributed by atoms with E-state index in [-0.39, 0.29) is 50.0 Å². The summed E-state index contributed by atoms with van der Waals surface area (Å²) in [6.45, 7) is 4.11. The second-order valence-electron chi connectivity index (χ2n) is 10.0. The fraction of sp³-hybridized carbons (Fsp3) is 0.542. The molecule has 1 atom stereocenters. The topological polar surface area (TPSA) is 148 Å². The fourth-order valence-electron chi connectivity index (χ4n) is 4.69. The first-order valence-electron chi connectivity index (χ1n) is 11.9. The molecule has 1 saturated carbocycles. The summed E-state index contributed by atoms with van der Waals surface area (Å²) in [6, 6.07) is 7.09. The van der Waals surface area contributed by atoms with Gasteiger partial charge in [-0.2, -0.15) is 0 Å². The van der Waals surface area contributed by atoms with Crippen molar-refractivity contribution in [3.63, 3.8) is 0 Å². The first kappa shape index (κ1) is 26.6. The van der Waals surface area contributed by atoms with Gasteiger partial charge >= 0.3 is 0 Å². The second-order valence-corrected chi connectivity index (χ2v) is 13.4. The molecule has 36 heavy (non-hydrogen) atoms. The molecule has 0 bridgehead atoms. The Labute approximate surface area is 215 Å². The first-order chi connectivity index (χ1) is 16.9. The van der Waals surface area contributed by atoms with Crippen molar-refractivity contribution in [2.45, 2.75) is 61.8 Å². The number of rotatable bonds is 10. The van der Waals surface area contributed by atoms with Crippen LogP contribution in [0.2, 0.25) is 5.02 Å². The maximum absolute atomic E-state index is 13.6. The van der Waals surface area contributed by atoms with Gasteiger partial charge in [-0.3, -0.25) is 9.59 Å². The standard InChI is InChI=1S/C24H32ClN5O5S/c1-23(2,19(31)7-10-26)36(34,35)24(8-9-24)15-29-11-12-30-18(22(29)33)14-27-20(30)21(32)28-13-16-3-5-17(25)6-4-16/h3-6,14,19,31H,7-13,15,26H2,1-2H3,(H,28,32)/t19-/m0/s1. The summed E-state index contributed by atoms with van der Waals surface area (Å²) in [5, 5.41) is 13.9. The van der Waals surface area contributed by atoms with E-state index in [9.17, 15) is 23.1 Å². The predicted octanol–water partition coefficient (Wildman–Crippen LogP) is 1.36. The predicted molar refractivity (Wildman–Crippen MR) is 135 cm³/mol. The molecular weight excluding hydrogens is 506 g/mol. The van der Waals surface area contributed by atoms with Gasteiger partial charge in [-0.1, -0.05) is 23.7 Å². The van der Waals surface area contributed by atoms with Crippen LogP contribution in [-0.2, 0) is 22.9 Å². The Hall–Kier alpha value is -2.47. The number of nitrogens with zero attached hydrogens (tertiary/aromatic N) is 3. The van der Waals surface area contributed by atoms with E-state index >= 15 is 0 Å². The lowest BCUT2D eigenvalue weighted by Gasteiger charge is -2.37. The number of aliphatic hydroxyl groups excluding tert-OH is 1. The van der Waals surface area contributed by atoms with Gasteiger partial charge in [0, 0.05) is 31.2 Å². The van der Waals surface area contributed by atoms with Crippen LogP contribution in [0.3, 0.4) is 0 Å². The van der Waals surface area contributed by atoms with Gasteiger partial charge < -0.3 is 25.6 Å². The van der Waals surface area contributed by atoms with Gasteiger partial charge in [0.1, 0.15) is 5.69 Å². The molecule has 1 aromatic heterocycles. The third-order valence-electron chi connectivity index (χ3n) is 7.32. The smallest absolute Gasteiger partial charge is 0.287 e. The summed E-state index contributed by atoms with van der Waals surface area (Å²) in [4.78, 5) is 31.7. The molecule has 2 amide bonds. The van der Waals surface area contributed by atoms with E-state index in [0.29, 0.717) is 24.4 Å². The summed E-state index contributed by atoms with van der Waals surface area (Å²) in [5.74, 6) is -0.645. The van der Waals surface area contributed by atoms with Crippen LogP contribution in [0.15, 0.2) is 30.5 Å². The first-order valence-corrected chi connectivity index (χ1v) is 13.8. The number of aromatic nitrogens is 2. The Morgan fingerprint density at radius 2 is 1.94 bits per heavy atom. The molecule has 0 radical (unpaired) electrons. The third-order valence-corrected chi connectivity index (χ3v) is 10.9. The molecule has 0 unspecified atom stereocenters. The lowest BCUT2D eigenvalue weighted by atomic mass is 10.0. The highest BCUT2D eigenvalue weighted by Gasteiger charge is 2.62. The molecule has 4 rings (SSSR count). The summed E-state index contributed by atoms with van der Waals surface area (Å²) < 4.78 is 26.2. The van der Waals surface area contributed by atoms with E-state index in [2.05, 4.69) is 10.3 Å². The average Bonchev–Trinajstić information content (AvgIpc) is 3.50. The highest BCUT2D eigenvalue weighted by molar-refractivity contribution is 7.94. The quantitative estimate of drug-likeness (QED) is 0.414. The summed E-state index contributed by atoms with van der Waals surface area (Å²) in [5.41, 5.74) is 6.65. The Kier molecular flexibility index (Phi) is 7.22. The Morgan fingerprint density at radius 1 is 1.28 bits per heavy atom. The van der Waals surface area contributed by atoms with Crippen LogP contribution in [0.25, 0.3) is 0 Å². The van der Waals surface area contributed by atoms with Crippen molar-refractivity contribution in [1.29, 1.82) is 0 Å². The van der Waals surface area contributed by atoms with E-state index in [1.165, 1.54) is 24.9 Å². The largest absolute Gasteiger partial charge is 0.391 e. The van der Waals surface area contributed by atoms with Crippen LogP contribution < -0.4 is 11.1 Å². The van der Waals surface area contributed by atoms with E-state index in [0.717, 1.165) is 5.56 Å². The van der Waals surface area contributed by atoms with Crippen molar-refractivity contribution in [3.05, 3.63) is 52.6 Å². The second kappa shape index (κ2) is 9.77. The van der Waals surface area contributed by atoms with Gasteiger partial charge in [0.05, 0.1) is 21.8 Å².